The topological polar surface area (TPSA) is 75.0 Å². The van der Waals surface area contributed by atoms with E-state index in [0.717, 1.165) is 42.4 Å². The van der Waals surface area contributed by atoms with Gasteiger partial charge in [0.2, 0.25) is 0 Å². The Morgan fingerprint density at radius 3 is 2.93 bits per heavy atom. The summed E-state index contributed by atoms with van der Waals surface area (Å²) in [6, 6.07) is 7.92. The molecule has 1 amide bonds. The highest BCUT2D eigenvalue weighted by molar-refractivity contribution is 5.93. The highest BCUT2D eigenvalue weighted by Gasteiger charge is 2.25. The van der Waals surface area contributed by atoms with Crippen molar-refractivity contribution >= 4 is 5.91 Å². The number of hydrogen-bond acceptors (Lipinski definition) is 4. The summed E-state index contributed by atoms with van der Waals surface area (Å²) >= 11 is 0. The van der Waals surface area contributed by atoms with Gasteiger partial charge in [0.15, 0.2) is 0 Å². The predicted octanol–water partition coefficient (Wildman–Crippen LogP) is 2.50. The molecule has 4 heterocycles. The summed E-state index contributed by atoms with van der Waals surface area (Å²) < 4.78 is 4.03. The van der Waals surface area contributed by atoms with Crippen molar-refractivity contribution in [3.8, 4) is 11.4 Å². The van der Waals surface area contributed by atoms with Gasteiger partial charge in [-0.2, -0.15) is 10.2 Å². The zero-order valence-electron chi connectivity index (χ0n) is 17.4. The maximum Gasteiger partial charge on any atom is 0.272 e. The van der Waals surface area contributed by atoms with Crippen LogP contribution in [0.4, 0.5) is 0 Å². The number of aromatic amines is 1. The van der Waals surface area contributed by atoms with Crippen LogP contribution in [0, 0.1) is 0 Å². The number of unbranched alkanes of at least 4 members (excludes halogenated alkanes) is 1. The highest BCUT2D eigenvalue weighted by atomic mass is 16.2. The molecule has 0 unspecified atom stereocenters. The molecule has 0 saturated carbocycles. The summed E-state index contributed by atoms with van der Waals surface area (Å²) in [7, 11) is 4.10. The highest BCUT2D eigenvalue weighted by Crippen LogP contribution is 2.20. The van der Waals surface area contributed by atoms with Crippen molar-refractivity contribution in [3.63, 3.8) is 0 Å². The lowest BCUT2D eigenvalue weighted by molar-refractivity contribution is 0.0700. The Morgan fingerprint density at radius 2 is 2.17 bits per heavy atom. The number of carbonyl (C=O) groups excluding carboxylic acids is 1. The third kappa shape index (κ3) is 4.12. The first-order valence-corrected chi connectivity index (χ1v) is 10.3. The maximum atomic E-state index is 13.0. The molecule has 0 spiro atoms. The van der Waals surface area contributed by atoms with E-state index < -0.39 is 0 Å². The van der Waals surface area contributed by atoms with E-state index >= 15 is 0 Å². The zero-order chi connectivity index (χ0) is 20.4. The number of aromatic nitrogens is 5. The zero-order valence-corrected chi connectivity index (χ0v) is 17.4. The number of hydrogen-bond donors (Lipinski definition) is 1. The van der Waals surface area contributed by atoms with Crippen LogP contribution in [0.15, 0.2) is 30.5 Å². The molecule has 0 aliphatic carbocycles. The minimum Gasteiger partial charge on any atom is -0.349 e. The van der Waals surface area contributed by atoms with Crippen LogP contribution in [-0.4, -0.2) is 60.4 Å². The summed E-state index contributed by atoms with van der Waals surface area (Å²) in [6.45, 7) is 6.07. The number of rotatable bonds is 7. The second-order valence-electron chi connectivity index (χ2n) is 7.84. The number of H-pyrrole nitrogens is 1. The Kier molecular flexibility index (Phi) is 5.53. The van der Waals surface area contributed by atoms with E-state index in [1.165, 1.54) is 12.8 Å². The minimum atomic E-state index is -0.0213. The van der Waals surface area contributed by atoms with E-state index in [1.807, 2.05) is 45.6 Å². The van der Waals surface area contributed by atoms with Gasteiger partial charge in [-0.15, -0.1) is 0 Å². The van der Waals surface area contributed by atoms with E-state index in [9.17, 15) is 4.79 Å². The number of fused-ring (bicyclic) bond motifs is 1. The molecule has 154 valence electrons. The van der Waals surface area contributed by atoms with Gasteiger partial charge in [-0.05, 0) is 44.3 Å². The molecular formula is C21H29N7O. The molecule has 1 aliphatic rings. The van der Waals surface area contributed by atoms with Crippen molar-refractivity contribution in [2.24, 2.45) is 7.05 Å². The van der Waals surface area contributed by atoms with Crippen molar-refractivity contribution in [2.75, 3.05) is 20.1 Å². The number of nitrogens with zero attached hydrogens (tertiary/aromatic N) is 6. The molecule has 8 nitrogen and oxygen atoms in total. The Morgan fingerprint density at radius 1 is 1.31 bits per heavy atom. The van der Waals surface area contributed by atoms with E-state index in [1.54, 1.807) is 0 Å². The van der Waals surface area contributed by atoms with Gasteiger partial charge in [0.05, 0.1) is 30.2 Å². The number of nitrogens with one attached hydrogen (secondary N) is 1. The van der Waals surface area contributed by atoms with Crippen LogP contribution in [0.1, 0.15) is 41.6 Å². The van der Waals surface area contributed by atoms with E-state index in [-0.39, 0.29) is 5.91 Å². The summed E-state index contributed by atoms with van der Waals surface area (Å²) in [6.07, 6.45) is 4.36. The fourth-order valence-electron chi connectivity index (χ4n) is 3.82. The maximum absolute atomic E-state index is 13.0. The first kappa shape index (κ1) is 19.4. The van der Waals surface area contributed by atoms with Gasteiger partial charge in [-0.25, -0.2) is 0 Å². The summed E-state index contributed by atoms with van der Waals surface area (Å²) in [4.78, 5) is 17.2. The molecule has 0 radical (unpaired) electrons. The number of aryl methyl sites for hydroxylation is 1. The smallest absolute Gasteiger partial charge is 0.272 e. The quantitative estimate of drug-likeness (QED) is 0.667. The van der Waals surface area contributed by atoms with Crippen molar-refractivity contribution < 1.29 is 4.79 Å². The molecule has 0 saturated heterocycles. The Bertz CT molecular complexity index is 983. The number of carbonyl (C=O) groups is 1. The molecule has 8 heteroatoms. The summed E-state index contributed by atoms with van der Waals surface area (Å²) in [5, 5.41) is 12.0. The Hall–Kier alpha value is -2.87. The van der Waals surface area contributed by atoms with Crippen LogP contribution in [0.2, 0.25) is 0 Å². The third-order valence-corrected chi connectivity index (χ3v) is 5.48. The Labute approximate surface area is 171 Å². The number of amides is 1. The molecule has 0 bridgehead atoms. The van der Waals surface area contributed by atoms with Crippen LogP contribution in [0.3, 0.4) is 0 Å². The first-order chi connectivity index (χ1) is 14.0. The van der Waals surface area contributed by atoms with Crippen molar-refractivity contribution in [2.45, 2.75) is 39.4 Å². The van der Waals surface area contributed by atoms with Gasteiger partial charge in [-0.1, -0.05) is 13.3 Å². The monoisotopic (exact) mass is 395 g/mol. The third-order valence-electron chi connectivity index (χ3n) is 5.48. The average molecular weight is 396 g/mol. The molecule has 0 fully saturated rings. The van der Waals surface area contributed by atoms with Crippen LogP contribution >= 0.6 is 0 Å². The fourth-order valence-corrected chi connectivity index (χ4v) is 3.82. The van der Waals surface area contributed by atoms with Gasteiger partial charge in [0.1, 0.15) is 11.4 Å². The van der Waals surface area contributed by atoms with Gasteiger partial charge < -0.3 is 14.4 Å². The van der Waals surface area contributed by atoms with Crippen molar-refractivity contribution in [1.29, 1.82) is 0 Å². The lowest BCUT2D eigenvalue weighted by atomic mass is 10.2. The van der Waals surface area contributed by atoms with E-state index in [4.69, 9.17) is 5.10 Å². The summed E-state index contributed by atoms with van der Waals surface area (Å²) in [5.74, 6) is -0.0213. The van der Waals surface area contributed by atoms with Gasteiger partial charge in [-0.3, -0.25) is 14.6 Å². The van der Waals surface area contributed by atoms with Gasteiger partial charge >= 0.3 is 0 Å². The minimum absolute atomic E-state index is 0.0213. The average Bonchev–Trinajstić information content (AvgIpc) is 3.43. The van der Waals surface area contributed by atoms with E-state index in [0.29, 0.717) is 18.8 Å². The van der Waals surface area contributed by atoms with E-state index in [2.05, 4.69) is 35.1 Å². The standard InChI is InChI=1S/C21H29N7O/c1-4-5-8-25(2)14-16-12-17-15-27(10-11-28(17)24-16)21(29)19-13-18(22-23-19)20-7-6-9-26(20)3/h6-7,9,12-13H,4-5,8,10-11,14-15H2,1-3H3,(H,22,23). The van der Waals surface area contributed by atoms with Crippen LogP contribution in [-0.2, 0) is 26.7 Å². The largest absolute Gasteiger partial charge is 0.349 e. The SMILES string of the molecule is CCCCN(C)Cc1cc2n(n1)CCN(C(=O)c1cc(-c3cccn3C)n[nH]1)C2. The van der Waals surface area contributed by atoms with Crippen LogP contribution < -0.4 is 0 Å². The van der Waals surface area contributed by atoms with Crippen LogP contribution in [0.25, 0.3) is 11.4 Å². The molecule has 1 aliphatic heterocycles. The van der Waals surface area contributed by atoms with Crippen molar-refractivity contribution in [1.82, 2.24) is 34.3 Å². The van der Waals surface area contributed by atoms with Crippen LogP contribution in [0.5, 0.6) is 0 Å². The molecule has 29 heavy (non-hydrogen) atoms. The lowest BCUT2D eigenvalue weighted by Crippen LogP contribution is -2.38. The normalized spacial score (nSPS) is 13.9. The van der Waals surface area contributed by atoms with Gasteiger partial charge in [0, 0.05) is 26.3 Å². The molecule has 4 rings (SSSR count). The Balaban J connectivity index is 1.43. The molecule has 0 aromatic carbocycles. The molecule has 0 atom stereocenters. The molecule has 1 N–H and O–H groups in total. The second-order valence-corrected chi connectivity index (χ2v) is 7.84. The molecule has 3 aromatic heterocycles. The predicted molar refractivity (Wildman–Crippen MR) is 111 cm³/mol. The second kappa shape index (κ2) is 8.24. The fraction of sp³-hybridized carbons (Fsp3) is 0.476. The first-order valence-electron chi connectivity index (χ1n) is 10.3. The lowest BCUT2D eigenvalue weighted by Gasteiger charge is -2.27. The summed E-state index contributed by atoms with van der Waals surface area (Å²) in [5.41, 5.74) is 4.44. The molecular weight excluding hydrogens is 366 g/mol. The molecule has 3 aromatic rings. The van der Waals surface area contributed by atoms with Gasteiger partial charge in [0.25, 0.3) is 5.91 Å². The van der Waals surface area contributed by atoms with Crippen molar-refractivity contribution in [3.05, 3.63) is 47.5 Å².